The van der Waals surface area contributed by atoms with Crippen LogP contribution in [0.15, 0.2) is 0 Å². The van der Waals surface area contributed by atoms with Crippen LogP contribution in [0.25, 0.3) is 0 Å². The number of rotatable bonds is 6. The van der Waals surface area contributed by atoms with Crippen molar-refractivity contribution in [2.75, 3.05) is 25.6 Å². The Morgan fingerprint density at radius 3 is 2.50 bits per heavy atom. The summed E-state index contributed by atoms with van der Waals surface area (Å²) in [5.74, 6) is -0.173. The fraction of sp³-hybridized carbons (Fsp3) is 0.818. The summed E-state index contributed by atoms with van der Waals surface area (Å²) in [5, 5.41) is 0.405. The summed E-state index contributed by atoms with van der Waals surface area (Å²) in [6.07, 6.45) is 0. The Labute approximate surface area is 100 Å². The van der Waals surface area contributed by atoms with Gasteiger partial charge in [-0.2, -0.15) is 0 Å². The van der Waals surface area contributed by atoms with Crippen LogP contribution in [0.3, 0.4) is 0 Å². The molecule has 1 aliphatic rings. The molecule has 0 aromatic rings. The van der Waals surface area contributed by atoms with E-state index in [9.17, 15) is 9.59 Å². The highest BCUT2D eigenvalue weighted by molar-refractivity contribution is 8.00. The van der Waals surface area contributed by atoms with Crippen LogP contribution in [0.4, 0.5) is 0 Å². The molecule has 0 amide bonds. The normalized spacial score (nSPS) is 16.7. The molecule has 0 atom stereocenters. The molecule has 92 valence electrons. The molecule has 1 heterocycles. The van der Waals surface area contributed by atoms with Gasteiger partial charge in [-0.15, -0.1) is 11.8 Å². The molecule has 0 aliphatic carbocycles. The third-order valence-electron chi connectivity index (χ3n) is 2.54. The number of thioether (sulfide) groups is 1. The molecule has 4 nitrogen and oxygen atoms in total. The average molecular weight is 246 g/mol. The number of hydrogen-bond acceptors (Lipinski definition) is 5. The van der Waals surface area contributed by atoms with E-state index in [4.69, 9.17) is 9.47 Å². The van der Waals surface area contributed by atoms with Crippen LogP contribution in [0.2, 0.25) is 0 Å². The standard InChI is InChI=1S/C11H18O4S/c1-4-15-10(13)11(2,3)9(12)7-16-8-5-14-6-8/h8H,4-7H2,1-3H3. The highest BCUT2D eigenvalue weighted by Gasteiger charge is 2.37. The number of hydrogen-bond donors (Lipinski definition) is 0. The van der Waals surface area contributed by atoms with Crippen LogP contribution >= 0.6 is 11.8 Å². The molecule has 0 unspecified atom stereocenters. The van der Waals surface area contributed by atoms with E-state index >= 15 is 0 Å². The molecule has 1 fully saturated rings. The molecule has 0 spiro atoms. The highest BCUT2D eigenvalue weighted by atomic mass is 32.2. The lowest BCUT2D eigenvalue weighted by molar-refractivity contribution is -0.157. The van der Waals surface area contributed by atoms with Crippen molar-refractivity contribution in [2.24, 2.45) is 5.41 Å². The lowest BCUT2D eigenvalue weighted by Gasteiger charge is -2.26. The molecule has 0 radical (unpaired) electrons. The molecule has 1 rings (SSSR count). The second-order valence-corrected chi connectivity index (χ2v) is 5.53. The summed E-state index contributed by atoms with van der Waals surface area (Å²) in [6.45, 7) is 6.68. The maximum Gasteiger partial charge on any atom is 0.319 e. The molecule has 0 bridgehead atoms. The first-order chi connectivity index (χ1) is 7.48. The van der Waals surface area contributed by atoms with E-state index in [2.05, 4.69) is 0 Å². The first-order valence-corrected chi connectivity index (χ1v) is 6.43. The number of Topliss-reactive ketones (excluding diaryl/α,β-unsaturated/α-hetero) is 1. The quantitative estimate of drug-likeness (QED) is 0.522. The van der Waals surface area contributed by atoms with Gasteiger partial charge in [0.05, 0.1) is 30.8 Å². The minimum absolute atomic E-state index is 0.0807. The van der Waals surface area contributed by atoms with Crippen LogP contribution < -0.4 is 0 Å². The monoisotopic (exact) mass is 246 g/mol. The van der Waals surface area contributed by atoms with Crippen molar-refractivity contribution in [2.45, 2.75) is 26.0 Å². The van der Waals surface area contributed by atoms with Crippen molar-refractivity contribution >= 4 is 23.5 Å². The van der Waals surface area contributed by atoms with Gasteiger partial charge in [-0.1, -0.05) is 0 Å². The number of esters is 1. The number of ketones is 1. The van der Waals surface area contributed by atoms with Crippen molar-refractivity contribution in [1.29, 1.82) is 0 Å². The molecule has 16 heavy (non-hydrogen) atoms. The van der Waals surface area contributed by atoms with Crippen molar-refractivity contribution in [3.63, 3.8) is 0 Å². The number of carbonyl (C=O) groups is 2. The molecule has 1 saturated heterocycles. The average Bonchev–Trinajstić information content (AvgIpc) is 2.15. The second-order valence-electron chi connectivity index (χ2n) is 4.24. The lowest BCUT2D eigenvalue weighted by atomic mass is 9.89. The molecule has 0 N–H and O–H groups in total. The first-order valence-electron chi connectivity index (χ1n) is 5.38. The molecule has 0 aromatic carbocycles. The summed E-state index contributed by atoms with van der Waals surface area (Å²) >= 11 is 1.55. The van der Waals surface area contributed by atoms with Crippen LogP contribution in [-0.2, 0) is 19.1 Å². The van der Waals surface area contributed by atoms with Gasteiger partial charge in [0.1, 0.15) is 5.41 Å². The smallest absolute Gasteiger partial charge is 0.319 e. The van der Waals surface area contributed by atoms with E-state index in [1.54, 1.807) is 32.5 Å². The van der Waals surface area contributed by atoms with E-state index in [0.717, 1.165) is 0 Å². The van der Waals surface area contributed by atoms with E-state index in [1.807, 2.05) is 0 Å². The predicted molar refractivity (Wildman–Crippen MR) is 62.5 cm³/mol. The summed E-state index contributed by atoms with van der Waals surface area (Å²) in [6, 6.07) is 0. The van der Waals surface area contributed by atoms with Crippen LogP contribution in [-0.4, -0.2) is 42.6 Å². The third kappa shape index (κ3) is 3.22. The zero-order valence-electron chi connectivity index (χ0n) is 9.95. The summed E-state index contributed by atoms with van der Waals surface area (Å²) in [4.78, 5) is 23.4. The Morgan fingerprint density at radius 1 is 1.44 bits per heavy atom. The molecule has 1 aliphatic heterocycles. The fourth-order valence-electron chi connectivity index (χ4n) is 1.11. The van der Waals surface area contributed by atoms with Gasteiger partial charge in [0.15, 0.2) is 5.78 Å². The topological polar surface area (TPSA) is 52.6 Å². The largest absolute Gasteiger partial charge is 0.465 e. The maximum absolute atomic E-state index is 11.9. The van der Waals surface area contributed by atoms with Gasteiger partial charge in [0.2, 0.25) is 0 Å². The Bertz CT molecular complexity index is 271. The van der Waals surface area contributed by atoms with Crippen molar-refractivity contribution in [3.8, 4) is 0 Å². The van der Waals surface area contributed by atoms with E-state index in [-0.39, 0.29) is 5.78 Å². The summed E-state index contributed by atoms with van der Waals surface area (Å²) in [5.41, 5.74) is -1.03. The first kappa shape index (κ1) is 13.5. The number of carbonyl (C=O) groups excluding carboxylic acids is 2. The van der Waals surface area contributed by atoms with E-state index in [0.29, 0.717) is 30.8 Å². The van der Waals surface area contributed by atoms with Crippen molar-refractivity contribution < 1.29 is 19.1 Å². The maximum atomic E-state index is 11.9. The van der Waals surface area contributed by atoms with E-state index in [1.165, 1.54) is 0 Å². The van der Waals surface area contributed by atoms with Crippen molar-refractivity contribution in [1.82, 2.24) is 0 Å². The zero-order valence-corrected chi connectivity index (χ0v) is 10.8. The van der Waals surface area contributed by atoms with Gasteiger partial charge in [0.25, 0.3) is 0 Å². The minimum atomic E-state index is -1.03. The molecular formula is C11H18O4S. The summed E-state index contributed by atoms with van der Waals surface area (Å²) < 4.78 is 9.90. The van der Waals surface area contributed by atoms with Gasteiger partial charge < -0.3 is 9.47 Å². The van der Waals surface area contributed by atoms with Gasteiger partial charge >= 0.3 is 5.97 Å². The Hall–Kier alpha value is -0.550. The Kier molecular flexibility index (Phi) is 4.80. The van der Waals surface area contributed by atoms with Crippen LogP contribution in [0, 0.1) is 5.41 Å². The van der Waals surface area contributed by atoms with Gasteiger partial charge in [0, 0.05) is 0 Å². The lowest BCUT2D eigenvalue weighted by Crippen LogP contribution is -2.38. The Morgan fingerprint density at radius 2 is 2.06 bits per heavy atom. The predicted octanol–water partition coefficient (Wildman–Crippen LogP) is 1.28. The fourth-order valence-corrected chi connectivity index (χ4v) is 2.24. The molecule has 5 heteroatoms. The van der Waals surface area contributed by atoms with Gasteiger partial charge in [-0.05, 0) is 20.8 Å². The van der Waals surface area contributed by atoms with Crippen LogP contribution in [0.5, 0.6) is 0 Å². The van der Waals surface area contributed by atoms with Gasteiger partial charge in [-0.3, -0.25) is 9.59 Å². The Balaban J connectivity index is 2.40. The zero-order chi connectivity index (χ0) is 12.2. The van der Waals surface area contributed by atoms with Gasteiger partial charge in [-0.25, -0.2) is 0 Å². The second kappa shape index (κ2) is 5.68. The minimum Gasteiger partial charge on any atom is -0.465 e. The highest BCUT2D eigenvalue weighted by Crippen LogP contribution is 2.25. The SMILES string of the molecule is CCOC(=O)C(C)(C)C(=O)CSC1COC1. The molecular weight excluding hydrogens is 228 g/mol. The van der Waals surface area contributed by atoms with Crippen LogP contribution in [0.1, 0.15) is 20.8 Å². The summed E-state index contributed by atoms with van der Waals surface area (Å²) in [7, 11) is 0. The number of ether oxygens (including phenoxy) is 2. The van der Waals surface area contributed by atoms with Crippen molar-refractivity contribution in [3.05, 3.63) is 0 Å². The molecule has 0 saturated carbocycles. The third-order valence-corrected chi connectivity index (χ3v) is 3.71. The molecule has 0 aromatic heterocycles. The van der Waals surface area contributed by atoms with E-state index < -0.39 is 11.4 Å².